The lowest BCUT2D eigenvalue weighted by Gasteiger charge is -2.25. The highest BCUT2D eigenvalue weighted by Crippen LogP contribution is 2.34. The first-order chi connectivity index (χ1) is 9.34. The third-order valence-corrected chi connectivity index (χ3v) is 3.31. The first-order valence-electron chi connectivity index (χ1n) is 6.06. The second kappa shape index (κ2) is 5.30. The van der Waals surface area contributed by atoms with Gasteiger partial charge in [0.2, 0.25) is 0 Å². The average molecular weight is 291 g/mol. The van der Waals surface area contributed by atoms with Crippen molar-refractivity contribution < 1.29 is 27.1 Å². The van der Waals surface area contributed by atoms with E-state index in [1.54, 1.807) is 0 Å². The lowest BCUT2D eigenvalue weighted by molar-refractivity contribution is -0.142. The van der Waals surface area contributed by atoms with Gasteiger partial charge in [0, 0.05) is 6.54 Å². The van der Waals surface area contributed by atoms with Gasteiger partial charge < -0.3 is 9.64 Å². The summed E-state index contributed by atoms with van der Waals surface area (Å²) in [5.74, 6) is -1.50. The monoisotopic (exact) mass is 291 g/mol. The van der Waals surface area contributed by atoms with Crippen LogP contribution in [0.2, 0.25) is 0 Å². The number of halogens is 4. The van der Waals surface area contributed by atoms with Crippen LogP contribution >= 0.6 is 0 Å². The second-order valence-electron chi connectivity index (χ2n) is 4.54. The Balaban J connectivity index is 2.31. The van der Waals surface area contributed by atoms with Crippen LogP contribution in [0.4, 0.5) is 23.2 Å². The van der Waals surface area contributed by atoms with Gasteiger partial charge in [-0.05, 0) is 31.0 Å². The number of anilines is 1. The number of alkyl halides is 3. The molecule has 1 saturated heterocycles. The van der Waals surface area contributed by atoms with Gasteiger partial charge in [0.25, 0.3) is 0 Å². The average Bonchev–Trinajstić information content (AvgIpc) is 2.85. The molecule has 110 valence electrons. The van der Waals surface area contributed by atoms with Gasteiger partial charge in [-0.15, -0.1) is 0 Å². The van der Waals surface area contributed by atoms with E-state index in [2.05, 4.69) is 4.74 Å². The van der Waals surface area contributed by atoms with Crippen LogP contribution in [0, 0.1) is 5.82 Å². The molecule has 0 spiro atoms. The van der Waals surface area contributed by atoms with Crippen LogP contribution in [-0.2, 0) is 15.7 Å². The molecule has 1 heterocycles. The van der Waals surface area contributed by atoms with E-state index in [1.807, 2.05) is 0 Å². The molecule has 1 aliphatic heterocycles. The number of hydrogen-bond donors (Lipinski definition) is 0. The highest BCUT2D eigenvalue weighted by atomic mass is 19.4. The Hall–Kier alpha value is -1.79. The molecule has 0 amide bonds. The molecule has 1 atom stereocenters. The van der Waals surface area contributed by atoms with Crippen molar-refractivity contribution >= 4 is 11.7 Å². The van der Waals surface area contributed by atoms with Crippen molar-refractivity contribution in [3.63, 3.8) is 0 Å². The zero-order valence-electron chi connectivity index (χ0n) is 10.7. The predicted octanol–water partition coefficient (Wildman–Crippen LogP) is 2.99. The predicted molar refractivity (Wildman–Crippen MR) is 63.8 cm³/mol. The zero-order chi connectivity index (χ0) is 14.9. The molecule has 0 saturated carbocycles. The molecule has 1 fully saturated rings. The van der Waals surface area contributed by atoms with E-state index >= 15 is 0 Å². The van der Waals surface area contributed by atoms with Crippen molar-refractivity contribution in [2.24, 2.45) is 0 Å². The third-order valence-electron chi connectivity index (χ3n) is 3.31. The molecule has 0 N–H and O–H groups in total. The number of methoxy groups -OCH3 is 1. The largest absolute Gasteiger partial charge is 0.467 e. The summed E-state index contributed by atoms with van der Waals surface area (Å²) in [6.45, 7) is 0.405. The van der Waals surface area contributed by atoms with Gasteiger partial charge in [-0.2, -0.15) is 13.2 Å². The lowest BCUT2D eigenvalue weighted by Crippen LogP contribution is -2.37. The van der Waals surface area contributed by atoms with E-state index in [0.717, 1.165) is 12.1 Å². The fourth-order valence-electron chi connectivity index (χ4n) is 2.35. The molecule has 0 bridgehead atoms. The highest BCUT2D eigenvalue weighted by Gasteiger charge is 2.35. The van der Waals surface area contributed by atoms with Crippen molar-refractivity contribution in [2.75, 3.05) is 18.6 Å². The SMILES string of the molecule is COC(=O)C1CCCN1c1ccc(C(F)(F)F)cc1F. The molecule has 1 aromatic rings. The summed E-state index contributed by atoms with van der Waals surface area (Å²) in [5.41, 5.74) is -1.06. The lowest BCUT2D eigenvalue weighted by atomic mass is 10.1. The number of carbonyl (C=O) groups excluding carboxylic acids is 1. The third kappa shape index (κ3) is 2.71. The Morgan fingerprint density at radius 3 is 2.65 bits per heavy atom. The fourth-order valence-corrected chi connectivity index (χ4v) is 2.35. The number of rotatable bonds is 2. The first-order valence-corrected chi connectivity index (χ1v) is 6.06. The minimum Gasteiger partial charge on any atom is -0.467 e. The summed E-state index contributed by atoms with van der Waals surface area (Å²) in [5, 5.41) is 0. The molecule has 0 radical (unpaired) electrons. The number of ether oxygens (including phenoxy) is 1. The smallest absolute Gasteiger partial charge is 0.416 e. The molecule has 1 aliphatic rings. The van der Waals surface area contributed by atoms with E-state index in [4.69, 9.17) is 0 Å². The molecule has 1 aromatic carbocycles. The van der Waals surface area contributed by atoms with Crippen LogP contribution in [0.3, 0.4) is 0 Å². The Morgan fingerprint density at radius 2 is 2.10 bits per heavy atom. The number of hydrogen-bond acceptors (Lipinski definition) is 3. The Bertz CT molecular complexity index is 516. The summed E-state index contributed by atoms with van der Waals surface area (Å²) >= 11 is 0. The maximum absolute atomic E-state index is 13.9. The maximum atomic E-state index is 13.9. The van der Waals surface area contributed by atoms with Crippen molar-refractivity contribution in [3.8, 4) is 0 Å². The quantitative estimate of drug-likeness (QED) is 0.619. The van der Waals surface area contributed by atoms with E-state index < -0.39 is 29.6 Å². The van der Waals surface area contributed by atoms with Gasteiger partial charge in [-0.3, -0.25) is 0 Å². The maximum Gasteiger partial charge on any atom is 0.416 e. The normalized spacial score (nSPS) is 19.2. The molecule has 20 heavy (non-hydrogen) atoms. The van der Waals surface area contributed by atoms with Gasteiger partial charge >= 0.3 is 12.1 Å². The molecule has 1 unspecified atom stereocenters. The summed E-state index contributed by atoms with van der Waals surface area (Å²) < 4.78 is 55.9. The van der Waals surface area contributed by atoms with Crippen LogP contribution in [0.1, 0.15) is 18.4 Å². The number of nitrogens with zero attached hydrogens (tertiary/aromatic N) is 1. The summed E-state index contributed by atoms with van der Waals surface area (Å²) in [6.07, 6.45) is -3.44. The molecule has 7 heteroatoms. The molecule has 2 rings (SSSR count). The van der Waals surface area contributed by atoms with Gasteiger partial charge in [0.05, 0.1) is 18.4 Å². The molecule has 0 aromatic heterocycles. The van der Waals surface area contributed by atoms with Gasteiger partial charge in [-0.25, -0.2) is 9.18 Å². The molecule has 0 aliphatic carbocycles. The van der Waals surface area contributed by atoms with E-state index in [1.165, 1.54) is 12.0 Å². The fraction of sp³-hybridized carbons (Fsp3) is 0.462. The van der Waals surface area contributed by atoms with E-state index in [9.17, 15) is 22.4 Å². The summed E-state index contributed by atoms with van der Waals surface area (Å²) in [7, 11) is 1.22. The van der Waals surface area contributed by atoms with Crippen LogP contribution in [-0.4, -0.2) is 25.7 Å². The molecular formula is C13H13F4NO2. The first kappa shape index (κ1) is 14.6. The highest BCUT2D eigenvalue weighted by molar-refractivity contribution is 5.80. The van der Waals surface area contributed by atoms with Gasteiger partial charge in [-0.1, -0.05) is 0 Å². The summed E-state index contributed by atoms with van der Waals surface area (Å²) in [4.78, 5) is 13.0. The van der Waals surface area contributed by atoms with Gasteiger partial charge in [0.15, 0.2) is 0 Å². The number of esters is 1. The van der Waals surface area contributed by atoms with E-state index in [0.29, 0.717) is 25.5 Å². The zero-order valence-corrected chi connectivity index (χ0v) is 10.7. The van der Waals surface area contributed by atoms with Crippen LogP contribution in [0.5, 0.6) is 0 Å². The van der Waals surface area contributed by atoms with E-state index in [-0.39, 0.29) is 5.69 Å². The minimum absolute atomic E-state index is 0.00843. The second-order valence-corrected chi connectivity index (χ2v) is 4.54. The summed E-state index contributed by atoms with van der Waals surface area (Å²) in [6, 6.07) is 1.66. The van der Waals surface area contributed by atoms with Crippen LogP contribution in [0.25, 0.3) is 0 Å². The van der Waals surface area contributed by atoms with Crippen LogP contribution < -0.4 is 4.90 Å². The molecule has 3 nitrogen and oxygen atoms in total. The van der Waals surface area contributed by atoms with Crippen molar-refractivity contribution in [1.82, 2.24) is 0 Å². The van der Waals surface area contributed by atoms with Gasteiger partial charge in [0.1, 0.15) is 11.9 Å². The number of carbonyl (C=O) groups is 1. The Kier molecular flexibility index (Phi) is 3.87. The van der Waals surface area contributed by atoms with Crippen molar-refractivity contribution in [3.05, 3.63) is 29.6 Å². The number of benzene rings is 1. The van der Waals surface area contributed by atoms with Crippen LogP contribution in [0.15, 0.2) is 18.2 Å². The van der Waals surface area contributed by atoms with Crippen molar-refractivity contribution in [2.45, 2.75) is 25.1 Å². The molecular weight excluding hydrogens is 278 g/mol. The Morgan fingerprint density at radius 1 is 1.40 bits per heavy atom. The topological polar surface area (TPSA) is 29.5 Å². The Labute approximate surface area is 113 Å². The minimum atomic E-state index is -4.59. The standard InChI is InChI=1S/C13H13F4NO2/c1-20-12(19)11-3-2-6-18(11)10-5-4-8(7-9(10)14)13(15,16)17/h4-5,7,11H,2-3,6H2,1H3. The van der Waals surface area contributed by atoms with Crippen molar-refractivity contribution in [1.29, 1.82) is 0 Å².